The molecule has 2 nitrogen and oxygen atoms in total. The lowest BCUT2D eigenvalue weighted by Gasteiger charge is -2.08. The molecule has 108 valence electrons. The van der Waals surface area contributed by atoms with Gasteiger partial charge in [0.15, 0.2) is 0 Å². The van der Waals surface area contributed by atoms with Gasteiger partial charge < -0.3 is 5.32 Å². The summed E-state index contributed by atoms with van der Waals surface area (Å²) >= 11 is 0. The number of hydrogen-bond acceptors (Lipinski definition) is 1. The van der Waals surface area contributed by atoms with Gasteiger partial charge in [-0.25, -0.2) is 4.39 Å². The Labute approximate surface area is 128 Å². The van der Waals surface area contributed by atoms with Crippen molar-refractivity contribution in [2.45, 2.75) is 0 Å². The first-order chi connectivity index (χ1) is 10.7. The molecule has 1 amide bonds. The summed E-state index contributed by atoms with van der Waals surface area (Å²) in [6.45, 7) is 0. The van der Waals surface area contributed by atoms with Gasteiger partial charge in [-0.05, 0) is 35.9 Å². The van der Waals surface area contributed by atoms with Crippen LogP contribution in [0.4, 0.5) is 10.1 Å². The Kier molecular flexibility index (Phi) is 3.97. The summed E-state index contributed by atoms with van der Waals surface area (Å²) < 4.78 is 13.8. The highest BCUT2D eigenvalue weighted by Crippen LogP contribution is 2.25. The minimum absolute atomic E-state index is 0.189. The van der Waals surface area contributed by atoms with Gasteiger partial charge in [0.25, 0.3) is 5.91 Å². The monoisotopic (exact) mass is 291 g/mol. The molecule has 3 aromatic carbocycles. The van der Waals surface area contributed by atoms with Crippen molar-refractivity contribution in [2.24, 2.45) is 0 Å². The van der Waals surface area contributed by atoms with E-state index in [9.17, 15) is 9.18 Å². The maximum absolute atomic E-state index is 13.8. The van der Waals surface area contributed by atoms with E-state index in [2.05, 4.69) is 5.32 Å². The van der Waals surface area contributed by atoms with E-state index in [1.807, 2.05) is 24.3 Å². The van der Waals surface area contributed by atoms with E-state index < -0.39 is 0 Å². The molecule has 0 radical (unpaired) electrons. The molecule has 3 aromatic rings. The van der Waals surface area contributed by atoms with Crippen LogP contribution in [0, 0.1) is 5.82 Å². The zero-order valence-corrected chi connectivity index (χ0v) is 11.8. The first kappa shape index (κ1) is 14.0. The van der Waals surface area contributed by atoms with E-state index in [0.29, 0.717) is 16.8 Å². The predicted molar refractivity (Wildman–Crippen MR) is 86.2 cm³/mol. The van der Waals surface area contributed by atoms with Crippen LogP contribution >= 0.6 is 0 Å². The van der Waals surface area contributed by atoms with Gasteiger partial charge in [0.1, 0.15) is 5.82 Å². The third kappa shape index (κ3) is 3.04. The number of halogens is 1. The number of rotatable bonds is 3. The summed E-state index contributed by atoms with van der Waals surface area (Å²) in [4.78, 5) is 12.1. The maximum Gasteiger partial charge on any atom is 0.255 e. The Hall–Kier alpha value is -2.94. The van der Waals surface area contributed by atoms with Crippen LogP contribution in [0.15, 0.2) is 78.9 Å². The predicted octanol–water partition coefficient (Wildman–Crippen LogP) is 4.75. The lowest BCUT2D eigenvalue weighted by atomic mass is 10.0. The van der Waals surface area contributed by atoms with Crippen LogP contribution < -0.4 is 5.32 Å². The van der Waals surface area contributed by atoms with Crippen LogP contribution in [0.3, 0.4) is 0 Å². The fraction of sp³-hybridized carbons (Fsp3) is 0. The normalized spacial score (nSPS) is 10.2. The first-order valence-electron chi connectivity index (χ1n) is 6.95. The lowest BCUT2D eigenvalue weighted by Crippen LogP contribution is -2.11. The number of nitrogens with one attached hydrogen (secondary N) is 1. The highest BCUT2D eigenvalue weighted by atomic mass is 19.1. The van der Waals surface area contributed by atoms with Gasteiger partial charge in [-0.15, -0.1) is 0 Å². The fourth-order valence-electron chi connectivity index (χ4n) is 2.25. The minimum atomic E-state index is -0.283. The van der Waals surface area contributed by atoms with Gasteiger partial charge in [0, 0.05) is 16.8 Å². The zero-order valence-electron chi connectivity index (χ0n) is 11.8. The van der Waals surface area contributed by atoms with Crippen LogP contribution in [0.1, 0.15) is 10.4 Å². The van der Waals surface area contributed by atoms with Crippen molar-refractivity contribution in [3.8, 4) is 11.1 Å². The van der Waals surface area contributed by atoms with Crippen LogP contribution in [-0.2, 0) is 0 Å². The second-order valence-electron chi connectivity index (χ2n) is 4.88. The van der Waals surface area contributed by atoms with E-state index in [0.717, 1.165) is 5.56 Å². The Morgan fingerprint density at radius 1 is 0.818 bits per heavy atom. The first-order valence-corrected chi connectivity index (χ1v) is 6.95. The number of amides is 1. The van der Waals surface area contributed by atoms with Crippen LogP contribution in [-0.4, -0.2) is 5.91 Å². The molecule has 0 unspecified atom stereocenters. The number of benzene rings is 3. The highest BCUT2D eigenvalue weighted by Gasteiger charge is 2.08. The number of carbonyl (C=O) groups is 1. The highest BCUT2D eigenvalue weighted by molar-refractivity contribution is 6.04. The summed E-state index contributed by atoms with van der Waals surface area (Å²) in [5.41, 5.74) is 2.45. The third-order valence-electron chi connectivity index (χ3n) is 3.34. The molecule has 0 saturated carbocycles. The molecule has 1 N–H and O–H groups in total. The van der Waals surface area contributed by atoms with Crippen LogP contribution in [0.2, 0.25) is 0 Å². The van der Waals surface area contributed by atoms with Gasteiger partial charge >= 0.3 is 0 Å². The van der Waals surface area contributed by atoms with Gasteiger partial charge in [-0.2, -0.15) is 0 Å². The smallest absolute Gasteiger partial charge is 0.255 e. The SMILES string of the molecule is O=C(Nc1cccc(-c2ccccc2F)c1)c1ccccc1. The fourth-order valence-corrected chi connectivity index (χ4v) is 2.25. The second-order valence-corrected chi connectivity index (χ2v) is 4.88. The van der Waals surface area contributed by atoms with Crippen molar-refractivity contribution in [2.75, 3.05) is 5.32 Å². The standard InChI is InChI=1S/C19H14FNO/c20-18-12-5-4-11-17(18)15-9-6-10-16(13-15)21-19(22)14-7-2-1-3-8-14/h1-13H,(H,21,22). The molecule has 0 spiro atoms. The molecule has 0 atom stereocenters. The average molecular weight is 291 g/mol. The van der Waals surface area contributed by atoms with Crippen LogP contribution in [0.5, 0.6) is 0 Å². The molecule has 22 heavy (non-hydrogen) atoms. The number of hydrogen-bond donors (Lipinski definition) is 1. The quantitative estimate of drug-likeness (QED) is 0.741. The van der Waals surface area contributed by atoms with Gasteiger partial charge in [-0.1, -0.05) is 48.5 Å². The van der Waals surface area contributed by atoms with Crippen molar-refractivity contribution in [1.29, 1.82) is 0 Å². The summed E-state index contributed by atoms with van der Waals surface area (Å²) in [6, 6.07) is 22.7. The molecule has 0 heterocycles. The maximum atomic E-state index is 13.8. The average Bonchev–Trinajstić information content (AvgIpc) is 2.56. The molecule has 0 aliphatic carbocycles. The molecule has 0 saturated heterocycles. The van der Waals surface area contributed by atoms with E-state index in [-0.39, 0.29) is 11.7 Å². The van der Waals surface area contributed by atoms with E-state index in [1.165, 1.54) is 6.07 Å². The van der Waals surface area contributed by atoms with Crippen molar-refractivity contribution in [3.05, 3.63) is 90.2 Å². The molecule has 0 bridgehead atoms. The Bertz CT molecular complexity index is 799. The molecule has 0 fully saturated rings. The molecule has 3 heteroatoms. The molecule has 0 aliphatic rings. The Morgan fingerprint density at radius 2 is 1.55 bits per heavy atom. The van der Waals surface area contributed by atoms with Gasteiger partial charge in [0.2, 0.25) is 0 Å². The largest absolute Gasteiger partial charge is 0.322 e. The van der Waals surface area contributed by atoms with E-state index in [4.69, 9.17) is 0 Å². The molecule has 3 rings (SSSR count). The molecule has 0 aliphatic heterocycles. The summed E-state index contributed by atoms with van der Waals surface area (Å²) in [5, 5.41) is 2.83. The Balaban J connectivity index is 1.86. The molecule has 0 aromatic heterocycles. The zero-order chi connectivity index (χ0) is 15.4. The van der Waals surface area contributed by atoms with Crippen molar-refractivity contribution >= 4 is 11.6 Å². The van der Waals surface area contributed by atoms with E-state index in [1.54, 1.807) is 48.5 Å². The van der Waals surface area contributed by atoms with Crippen molar-refractivity contribution in [3.63, 3.8) is 0 Å². The van der Waals surface area contributed by atoms with Crippen molar-refractivity contribution in [1.82, 2.24) is 0 Å². The topological polar surface area (TPSA) is 29.1 Å². The van der Waals surface area contributed by atoms with E-state index >= 15 is 0 Å². The van der Waals surface area contributed by atoms with Gasteiger partial charge in [-0.3, -0.25) is 4.79 Å². The molecular weight excluding hydrogens is 277 g/mol. The Morgan fingerprint density at radius 3 is 2.32 bits per heavy atom. The minimum Gasteiger partial charge on any atom is -0.322 e. The summed E-state index contributed by atoms with van der Waals surface area (Å²) in [7, 11) is 0. The number of carbonyl (C=O) groups excluding carboxylic acids is 1. The second kappa shape index (κ2) is 6.22. The number of anilines is 1. The van der Waals surface area contributed by atoms with Crippen LogP contribution in [0.25, 0.3) is 11.1 Å². The van der Waals surface area contributed by atoms with Gasteiger partial charge in [0.05, 0.1) is 0 Å². The third-order valence-corrected chi connectivity index (χ3v) is 3.34. The van der Waals surface area contributed by atoms with Crippen molar-refractivity contribution < 1.29 is 9.18 Å². The summed E-state index contributed by atoms with van der Waals surface area (Å²) in [5.74, 6) is -0.472. The summed E-state index contributed by atoms with van der Waals surface area (Å²) in [6.07, 6.45) is 0. The molecular formula is C19H14FNO. The lowest BCUT2D eigenvalue weighted by molar-refractivity contribution is 0.102.